The van der Waals surface area contributed by atoms with Gasteiger partial charge in [-0.1, -0.05) is 30.3 Å². The van der Waals surface area contributed by atoms with Gasteiger partial charge in [0.2, 0.25) is 0 Å². The van der Waals surface area contributed by atoms with Crippen molar-refractivity contribution >= 4 is 0 Å². The number of nitrogens with zero attached hydrogens (tertiary/aromatic N) is 1. The average molecular weight is 324 g/mol. The summed E-state index contributed by atoms with van der Waals surface area (Å²) in [5.41, 5.74) is 5.15. The molecule has 0 radical (unpaired) electrons. The fraction of sp³-hybridized carbons (Fsp3) is 0.450. The molecule has 0 aliphatic heterocycles. The lowest BCUT2D eigenvalue weighted by molar-refractivity contribution is 0.635. The van der Waals surface area contributed by atoms with Gasteiger partial charge in [0.25, 0.3) is 0 Å². The molecule has 0 atom stereocenters. The second-order valence-electron chi connectivity index (χ2n) is 6.73. The molecule has 24 heavy (non-hydrogen) atoms. The van der Waals surface area contributed by atoms with Crippen molar-refractivity contribution in [3.8, 4) is 0 Å². The van der Waals surface area contributed by atoms with Crippen LogP contribution in [0.4, 0.5) is 0 Å². The van der Waals surface area contributed by atoms with Crippen LogP contribution in [-0.2, 0) is 26.2 Å². The van der Waals surface area contributed by atoms with Crippen LogP contribution in [-0.4, -0.2) is 18.6 Å². The Kier molecular flexibility index (Phi) is 6.35. The quantitative estimate of drug-likeness (QED) is 0.629. The zero-order chi connectivity index (χ0) is 16.6. The van der Waals surface area contributed by atoms with Gasteiger partial charge >= 0.3 is 0 Å². The van der Waals surface area contributed by atoms with E-state index in [9.17, 15) is 0 Å². The van der Waals surface area contributed by atoms with Crippen molar-refractivity contribution < 1.29 is 0 Å². The van der Waals surface area contributed by atoms with Crippen molar-refractivity contribution in [2.24, 2.45) is 5.92 Å². The van der Waals surface area contributed by atoms with Gasteiger partial charge in [0.05, 0.1) is 0 Å². The largest absolute Gasteiger partial charge is 0.316 e. The molecule has 3 rings (SSSR count). The summed E-state index contributed by atoms with van der Waals surface area (Å²) in [6.07, 6.45) is 6.70. The van der Waals surface area contributed by atoms with Crippen molar-refractivity contribution in [1.29, 1.82) is 0 Å². The van der Waals surface area contributed by atoms with Crippen LogP contribution in [0.1, 0.15) is 35.1 Å². The molecule has 1 aromatic heterocycles. The summed E-state index contributed by atoms with van der Waals surface area (Å²) in [6, 6.07) is 10.9. The van der Waals surface area contributed by atoms with Crippen LogP contribution in [0.15, 0.2) is 42.7 Å². The second-order valence-corrected chi connectivity index (χ2v) is 6.73. The summed E-state index contributed by atoms with van der Waals surface area (Å²) in [7, 11) is 1.98. The first-order chi connectivity index (χ1) is 11.8. The summed E-state index contributed by atoms with van der Waals surface area (Å²) >= 11 is 0. The van der Waals surface area contributed by atoms with Crippen molar-refractivity contribution in [2.45, 2.75) is 39.0 Å². The van der Waals surface area contributed by atoms with Crippen LogP contribution in [0.2, 0.25) is 0 Å². The number of pyridine rings is 1. The van der Waals surface area contributed by atoms with Crippen LogP contribution in [0.5, 0.6) is 0 Å². The van der Waals surface area contributed by atoms with Gasteiger partial charge < -0.3 is 16.0 Å². The Bertz CT molecular complexity index is 637. The maximum absolute atomic E-state index is 4.37. The molecular weight excluding hydrogens is 296 g/mol. The third-order valence-corrected chi connectivity index (χ3v) is 4.34. The van der Waals surface area contributed by atoms with Gasteiger partial charge in [-0.3, -0.25) is 4.98 Å². The maximum Gasteiger partial charge on any atom is 0.0313 e. The van der Waals surface area contributed by atoms with Gasteiger partial charge in [0.15, 0.2) is 0 Å². The highest BCUT2D eigenvalue weighted by Gasteiger charge is 2.20. The molecule has 2 aromatic rings. The molecule has 1 aromatic carbocycles. The lowest BCUT2D eigenvalue weighted by Crippen LogP contribution is -2.17. The SMILES string of the molecule is CNCc1cccc(CNCc2cncc(CNCC3CC3)c2)c1. The number of hydrogen-bond donors (Lipinski definition) is 3. The van der Waals surface area contributed by atoms with Crippen molar-refractivity contribution in [3.05, 3.63) is 65.0 Å². The fourth-order valence-corrected chi connectivity index (χ4v) is 2.88. The molecule has 128 valence electrons. The summed E-state index contributed by atoms with van der Waals surface area (Å²) in [6.45, 7) is 4.70. The average Bonchev–Trinajstić information content (AvgIpc) is 3.40. The molecule has 3 N–H and O–H groups in total. The Morgan fingerprint density at radius 1 is 0.875 bits per heavy atom. The third-order valence-electron chi connectivity index (χ3n) is 4.34. The van der Waals surface area contributed by atoms with Crippen molar-refractivity contribution in [2.75, 3.05) is 13.6 Å². The summed E-state index contributed by atoms with van der Waals surface area (Å²) < 4.78 is 0. The van der Waals surface area contributed by atoms with Crippen LogP contribution >= 0.6 is 0 Å². The lowest BCUT2D eigenvalue weighted by Gasteiger charge is -2.09. The molecule has 4 heteroatoms. The van der Waals surface area contributed by atoms with E-state index in [4.69, 9.17) is 0 Å². The Morgan fingerprint density at radius 2 is 1.50 bits per heavy atom. The van der Waals surface area contributed by atoms with E-state index >= 15 is 0 Å². The van der Waals surface area contributed by atoms with E-state index in [1.54, 1.807) is 0 Å². The molecule has 0 saturated heterocycles. The topological polar surface area (TPSA) is 49.0 Å². The minimum absolute atomic E-state index is 0.847. The number of aromatic nitrogens is 1. The van der Waals surface area contributed by atoms with Crippen molar-refractivity contribution in [3.63, 3.8) is 0 Å². The van der Waals surface area contributed by atoms with E-state index in [0.717, 1.165) is 38.6 Å². The molecule has 1 heterocycles. The van der Waals surface area contributed by atoms with Crippen LogP contribution in [0.25, 0.3) is 0 Å². The highest BCUT2D eigenvalue weighted by atomic mass is 14.9. The zero-order valence-corrected chi connectivity index (χ0v) is 14.5. The standard InChI is InChI=1S/C20H28N4/c1-21-9-17-3-2-4-18(7-17)11-23-13-20-8-19(14-24-15-20)12-22-10-16-5-6-16/h2-4,7-8,14-16,21-23H,5-6,9-13H2,1H3. The predicted octanol–water partition coefficient (Wildman–Crippen LogP) is 2.59. The molecule has 1 saturated carbocycles. The second kappa shape index (κ2) is 8.92. The summed E-state index contributed by atoms with van der Waals surface area (Å²) in [5.74, 6) is 0.918. The minimum Gasteiger partial charge on any atom is -0.316 e. The van der Waals surface area contributed by atoms with E-state index in [1.165, 1.54) is 35.1 Å². The molecule has 1 aliphatic rings. The first kappa shape index (κ1) is 17.1. The normalized spacial score (nSPS) is 14.0. The monoisotopic (exact) mass is 324 g/mol. The van der Waals surface area contributed by atoms with Crippen molar-refractivity contribution in [1.82, 2.24) is 20.9 Å². The van der Waals surface area contributed by atoms with Gasteiger partial charge in [-0.2, -0.15) is 0 Å². The minimum atomic E-state index is 0.847. The van der Waals surface area contributed by atoms with Crippen LogP contribution < -0.4 is 16.0 Å². The number of benzene rings is 1. The summed E-state index contributed by atoms with van der Waals surface area (Å²) in [5, 5.41) is 10.2. The van der Waals surface area contributed by atoms with Crippen LogP contribution in [0, 0.1) is 5.92 Å². The fourth-order valence-electron chi connectivity index (χ4n) is 2.88. The molecule has 1 fully saturated rings. The van der Waals surface area contributed by atoms with E-state index in [1.807, 2.05) is 19.4 Å². The van der Waals surface area contributed by atoms with Gasteiger partial charge in [-0.15, -0.1) is 0 Å². The Labute approximate surface area is 145 Å². The summed E-state index contributed by atoms with van der Waals surface area (Å²) in [4.78, 5) is 4.37. The van der Waals surface area contributed by atoms with E-state index in [0.29, 0.717) is 0 Å². The van der Waals surface area contributed by atoms with Gasteiger partial charge in [0.1, 0.15) is 0 Å². The highest BCUT2D eigenvalue weighted by molar-refractivity contribution is 5.23. The van der Waals surface area contributed by atoms with E-state index in [2.05, 4.69) is 51.3 Å². The number of hydrogen-bond acceptors (Lipinski definition) is 4. The Hall–Kier alpha value is -1.75. The smallest absolute Gasteiger partial charge is 0.0313 e. The number of nitrogens with one attached hydrogen (secondary N) is 3. The molecule has 1 aliphatic carbocycles. The Balaban J connectivity index is 1.44. The molecule has 0 bridgehead atoms. The maximum atomic E-state index is 4.37. The zero-order valence-electron chi connectivity index (χ0n) is 14.5. The molecule has 0 spiro atoms. The van der Waals surface area contributed by atoms with Gasteiger partial charge in [-0.05, 0) is 54.6 Å². The first-order valence-electron chi connectivity index (χ1n) is 8.90. The highest BCUT2D eigenvalue weighted by Crippen LogP contribution is 2.27. The van der Waals surface area contributed by atoms with Gasteiger partial charge in [0, 0.05) is 38.6 Å². The molecule has 0 amide bonds. The van der Waals surface area contributed by atoms with E-state index in [-0.39, 0.29) is 0 Å². The van der Waals surface area contributed by atoms with Crippen LogP contribution in [0.3, 0.4) is 0 Å². The van der Waals surface area contributed by atoms with Gasteiger partial charge in [-0.25, -0.2) is 0 Å². The third kappa shape index (κ3) is 5.71. The first-order valence-corrected chi connectivity index (χ1v) is 8.90. The van der Waals surface area contributed by atoms with E-state index < -0.39 is 0 Å². The molecular formula is C20H28N4. The molecule has 0 unspecified atom stereocenters. The predicted molar refractivity (Wildman–Crippen MR) is 98.4 cm³/mol. The Morgan fingerprint density at radius 3 is 2.21 bits per heavy atom. The lowest BCUT2D eigenvalue weighted by atomic mass is 10.1. The molecule has 4 nitrogen and oxygen atoms in total. The number of rotatable bonds is 10.